The van der Waals surface area contributed by atoms with Gasteiger partial charge in [0, 0.05) is 41.6 Å². The monoisotopic (exact) mass is 633 g/mol. The van der Waals surface area contributed by atoms with E-state index >= 15 is 0 Å². The van der Waals surface area contributed by atoms with Crippen molar-refractivity contribution in [3.63, 3.8) is 0 Å². The molecule has 3 saturated heterocycles. The summed E-state index contributed by atoms with van der Waals surface area (Å²) in [6.07, 6.45) is 9.12. The van der Waals surface area contributed by atoms with Crippen molar-refractivity contribution in [3.05, 3.63) is 0 Å². The topological polar surface area (TPSA) is 107 Å². The van der Waals surface area contributed by atoms with Gasteiger partial charge in [0.25, 0.3) is 0 Å². The fraction of sp³-hybridized carbons (Fsp3) is 0.963. The Morgan fingerprint density at radius 3 is 2.84 bits per heavy atom. The summed E-state index contributed by atoms with van der Waals surface area (Å²) in [4.78, 5) is 15.2. The Morgan fingerprint density at radius 2 is 2.08 bits per heavy atom. The Morgan fingerprint density at radius 1 is 1.22 bits per heavy atom. The van der Waals surface area contributed by atoms with Crippen LogP contribution in [0.4, 0.5) is 0 Å². The van der Waals surface area contributed by atoms with Crippen LogP contribution in [0.15, 0.2) is 0 Å². The highest BCUT2D eigenvalue weighted by Crippen LogP contribution is 2.41. The lowest BCUT2D eigenvalue weighted by Crippen LogP contribution is -2.55. The lowest BCUT2D eigenvalue weighted by molar-refractivity contribution is -0.126. The fourth-order valence-electron chi connectivity index (χ4n) is 6.85. The van der Waals surface area contributed by atoms with E-state index in [0.717, 1.165) is 45.3 Å². The summed E-state index contributed by atoms with van der Waals surface area (Å²) in [5.41, 5.74) is 0. The van der Waals surface area contributed by atoms with Gasteiger partial charge in [0.1, 0.15) is 0 Å². The number of aliphatic hydroxyl groups is 1. The third-order valence-electron chi connectivity index (χ3n) is 9.50. The molecule has 37 heavy (non-hydrogen) atoms. The van der Waals surface area contributed by atoms with Crippen molar-refractivity contribution in [2.75, 3.05) is 46.1 Å². The SMILES string of the molecule is CC1NCOC1COC1CCC2CN(C[C@@H](O)CNC(=O)C3CCNC(NC4CCC4)C3)CCC2C1I. The molecule has 2 saturated carbocycles. The van der Waals surface area contributed by atoms with Crippen LogP contribution in [-0.2, 0) is 14.3 Å². The molecule has 8 unspecified atom stereocenters. The average Bonchev–Trinajstić information content (AvgIpc) is 3.29. The number of rotatable bonds is 10. The second-order valence-corrected chi connectivity index (χ2v) is 13.6. The highest BCUT2D eigenvalue weighted by Gasteiger charge is 2.42. The number of piperidine rings is 2. The third-order valence-corrected chi connectivity index (χ3v) is 11.2. The van der Waals surface area contributed by atoms with Crippen molar-refractivity contribution in [2.24, 2.45) is 17.8 Å². The Labute approximate surface area is 236 Å². The number of alkyl halides is 1. The molecule has 0 aromatic carbocycles. The lowest BCUT2D eigenvalue weighted by Gasteiger charge is -2.47. The van der Waals surface area contributed by atoms with Gasteiger partial charge in [0.05, 0.1) is 37.8 Å². The normalized spacial score (nSPS) is 40.1. The molecule has 9 nitrogen and oxygen atoms in total. The van der Waals surface area contributed by atoms with Crippen LogP contribution in [0.25, 0.3) is 0 Å². The smallest absolute Gasteiger partial charge is 0.223 e. The van der Waals surface area contributed by atoms with Gasteiger partial charge in [-0.3, -0.25) is 15.4 Å². The maximum Gasteiger partial charge on any atom is 0.223 e. The third kappa shape index (κ3) is 7.56. The maximum absolute atomic E-state index is 12.8. The highest BCUT2D eigenvalue weighted by atomic mass is 127. The predicted molar refractivity (Wildman–Crippen MR) is 151 cm³/mol. The van der Waals surface area contributed by atoms with E-state index in [0.29, 0.717) is 60.4 Å². The van der Waals surface area contributed by atoms with Crippen LogP contribution in [0, 0.1) is 17.8 Å². The Kier molecular flexibility index (Phi) is 10.4. The van der Waals surface area contributed by atoms with Crippen molar-refractivity contribution in [1.29, 1.82) is 0 Å². The molecule has 2 aliphatic carbocycles. The molecule has 0 radical (unpaired) electrons. The van der Waals surface area contributed by atoms with E-state index in [1.165, 1.54) is 25.7 Å². The van der Waals surface area contributed by atoms with E-state index in [9.17, 15) is 9.90 Å². The molecule has 1 amide bonds. The summed E-state index contributed by atoms with van der Waals surface area (Å²) in [5.74, 6) is 1.46. The molecule has 10 heteroatoms. The molecule has 0 bridgehead atoms. The van der Waals surface area contributed by atoms with Crippen LogP contribution in [0.3, 0.4) is 0 Å². The van der Waals surface area contributed by atoms with Gasteiger partial charge < -0.3 is 30.1 Å². The number of hydrogen-bond acceptors (Lipinski definition) is 8. The first-order valence-electron chi connectivity index (χ1n) is 14.7. The van der Waals surface area contributed by atoms with Crippen molar-refractivity contribution in [1.82, 2.24) is 26.2 Å². The van der Waals surface area contributed by atoms with Crippen molar-refractivity contribution in [3.8, 4) is 0 Å². The predicted octanol–water partition coefficient (Wildman–Crippen LogP) is 1.19. The Bertz CT molecular complexity index is 746. The Hall–Kier alpha value is -0.0800. The summed E-state index contributed by atoms with van der Waals surface area (Å²) in [6.45, 7) is 7.36. The summed E-state index contributed by atoms with van der Waals surface area (Å²) in [5, 5.41) is 24.2. The number of carbonyl (C=O) groups excluding carboxylic acids is 1. The number of nitrogens with one attached hydrogen (secondary N) is 4. The number of likely N-dealkylation sites (tertiary alicyclic amines) is 1. The van der Waals surface area contributed by atoms with Crippen LogP contribution in [0.2, 0.25) is 0 Å². The van der Waals surface area contributed by atoms with Gasteiger partial charge in [-0.05, 0) is 76.8 Å². The van der Waals surface area contributed by atoms with Gasteiger partial charge in [-0.15, -0.1) is 0 Å². The number of fused-ring (bicyclic) bond motifs is 1. The van der Waals surface area contributed by atoms with Gasteiger partial charge in [0.2, 0.25) is 5.91 Å². The molecule has 3 heterocycles. The second-order valence-electron chi connectivity index (χ2n) is 12.1. The second kappa shape index (κ2) is 13.5. The summed E-state index contributed by atoms with van der Waals surface area (Å²) >= 11 is 2.63. The summed E-state index contributed by atoms with van der Waals surface area (Å²) in [6, 6.07) is 0.970. The molecule has 212 valence electrons. The van der Waals surface area contributed by atoms with Gasteiger partial charge in [-0.25, -0.2) is 0 Å². The van der Waals surface area contributed by atoms with Gasteiger partial charge >= 0.3 is 0 Å². The van der Waals surface area contributed by atoms with E-state index in [1.54, 1.807) is 0 Å². The lowest BCUT2D eigenvalue weighted by atomic mass is 9.74. The van der Waals surface area contributed by atoms with E-state index in [-0.39, 0.29) is 24.1 Å². The van der Waals surface area contributed by atoms with Crippen LogP contribution in [0.5, 0.6) is 0 Å². The molecule has 0 spiro atoms. The van der Waals surface area contributed by atoms with E-state index in [1.807, 2.05) is 0 Å². The average molecular weight is 634 g/mol. The Balaban J connectivity index is 0.993. The number of nitrogens with zero attached hydrogens (tertiary/aromatic N) is 1. The van der Waals surface area contributed by atoms with Crippen LogP contribution < -0.4 is 21.3 Å². The molecule has 0 aromatic rings. The van der Waals surface area contributed by atoms with Gasteiger partial charge in [-0.1, -0.05) is 29.0 Å². The molecule has 0 aromatic heterocycles. The molecule has 5 aliphatic rings. The van der Waals surface area contributed by atoms with Gasteiger partial charge in [-0.2, -0.15) is 0 Å². The maximum atomic E-state index is 12.8. The highest BCUT2D eigenvalue weighted by molar-refractivity contribution is 14.1. The zero-order valence-corrected chi connectivity index (χ0v) is 24.5. The number of ether oxygens (including phenoxy) is 2. The van der Waals surface area contributed by atoms with Crippen LogP contribution in [-0.4, -0.2) is 102 Å². The quantitative estimate of drug-likeness (QED) is 0.181. The minimum atomic E-state index is -0.525. The molecular weight excluding hydrogens is 585 g/mol. The van der Waals surface area contributed by atoms with E-state index in [4.69, 9.17) is 9.47 Å². The first-order valence-corrected chi connectivity index (χ1v) is 16.0. The standard InChI is InChI=1S/C27H48IN5O4/c1-17-24(37-16-31-17)15-36-23-6-5-19-13-33(10-8-22(19)26(23)28)14-21(34)12-30-27(35)18-7-9-29-25(11-18)32-20-3-2-4-20/h17-26,29,31-32,34H,2-16H2,1H3,(H,30,35)/t17?,18?,19?,21-,22?,23?,24?,25?,26?/m0/s1. The minimum Gasteiger partial charge on any atom is -0.390 e. The number of amides is 1. The first-order chi connectivity index (χ1) is 18.0. The molecule has 5 N–H and O–H groups in total. The first kappa shape index (κ1) is 28.4. The number of aliphatic hydroxyl groups excluding tert-OH is 1. The van der Waals surface area contributed by atoms with Crippen molar-refractivity contribution >= 4 is 28.5 Å². The van der Waals surface area contributed by atoms with Crippen LogP contribution >= 0.6 is 22.6 Å². The van der Waals surface area contributed by atoms with Crippen molar-refractivity contribution < 1.29 is 19.4 Å². The van der Waals surface area contributed by atoms with E-state index in [2.05, 4.69) is 55.7 Å². The summed E-state index contributed by atoms with van der Waals surface area (Å²) in [7, 11) is 0. The largest absolute Gasteiger partial charge is 0.390 e. The molecule has 3 aliphatic heterocycles. The zero-order chi connectivity index (χ0) is 25.8. The van der Waals surface area contributed by atoms with Crippen LogP contribution in [0.1, 0.15) is 58.3 Å². The summed E-state index contributed by atoms with van der Waals surface area (Å²) < 4.78 is 12.6. The van der Waals surface area contributed by atoms with Gasteiger partial charge in [0.15, 0.2) is 0 Å². The number of hydrogen-bond donors (Lipinski definition) is 5. The molecule has 5 rings (SSSR count). The molecular formula is C27H48IN5O4. The fourth-order valence-corrected chi connectivity index (χ4v) is 8.36. The van der Waals surface area contributed by atoms with Crippen molar-refractivity contribution in [2.45, 2.75) is 98.8 Å². The molecule has 9 atom stereocenters. The molecule has 5 fully saturated rings. The number of β-amino-alcohol motifs (C(OH)–C–C–N with tert-alkyl or cyclic N) is 1. The zero-order valence-electron chi connectivity index (χ0n) is 22.4. The number of carbonyl (C=O) groups is 1. The minimum absolute atomic E-state index is 0.0273. The van der Waals surface area contributed by atoms with E-state index < -0.39 is 6.10 Å². The number of halogens is 1.